The number of fused-ring (bicyclic) bond motifs is 1. The Hall–Kier alpha value is -1.99. The summed E-state index contributed by atoms with van der Waals surface area (Å²) < 4.78 is 7.94. The van der Waals surface area contributed by atoms with E-state index in [0.717, 1.165) is 22.9 Å². The molecular formula is C15H15ClN4O2S. The lowest BCUT2D eigenvalue weighted by Crippen LogP contribution is -2.10. The van der Waals surface area contributed by atoms with Crippen LogP contribution < -0.4 is 0 Å². The summed E-state index contributed by atoms with van der Waals surface area (Å²) in [5.41, 5.74) is 0. The fraction of sp³-hybridized carbons (Fsp3) is 0.333. The van der Waals surface area contributed by atoms with Crippen molar-refractivity contribution in [2.75, 3.05) is 0 Å². The maximum absolute atomic E-state index is 12.3. The number of nitrogens with zero attached hydrogens (tertiary/aromatic N) is 4. The van der Waals surface area contributed by atoms with Crippen molar-refractivity contribution < 1.29 is 9.53 Å². The van der Waals surface area contributed by atoms with Crippen LogP contribution in [-0.4, -0.2) is 26.2 Å². The van der Waals surface area contributed by atoms with Gasteiger partial charge in [0.05, 0.1) is 5.02 Å². The second-order valence-corrected chi connectivity index (χ2v) is 6.42. The van der Waals surface area contributed by atoms with Crippen LogP contribution in [0.25, 0.3) is 10.1 Å². The number of unbranched alkanes of at least 4 members (excludes halogenated alkanes) is 1. The zero-order valence-electron chi connectivity index (χ0n) is 12.5. The molecule has 8 heteroatoms. The Kier molecular flexibility index (Phi) is 4.88. The largest absolute Gasteiger partial charge is 0.453 e. The lowest BCUT2D eigenvalue weighted by atomic mass is 10.2. The average molecular weight is 351 g/mol. The Labute approximate surface area is 142 Å². The Morgan fingerprint density at radius 2 is 2.22 bits per heavy atom. The van der Waals surface area contributed by atoms with Crippen LogP contribution in [0.3, 0.4) is 0 Å². The van der Waals surface area contributed by atoms with Crippen molar-refractivity contribution in [3.8, 4) is 0 Å². The number of hydrogen-bond acceptors (Lipinski definition) is 6. The molecule has 0 saturated carbocycles. The minimum absolute atomic E-state index is 0.0279. The number of esters is 1. The summed E-state index contributed by atoms with van der Waals surface area (Å²) in [5, 5.41) is 12.7. The Balaban J connectivity index is 1.72. The number of benzene rings is 1. The molecule has 0 aliphatic heterocycles. The Bertz CT molecular complexity index is 830. The molecule has 0 atom stereocenters. The van der Waals surface area contributed by atoms with Gasteiger partial charge < -0.3 is 4.74 Å². The Morgan fingerprint density at radius 3 is 3.00 bits per heavy atom. The molecule has 0 unspecified atom stereocenters. The first-order valence-electron chi connectivity index (χ1n) is 7.30. The fourth-order valence-electron chi connectivity index (χ4n) is 2.15. The normalized spacial score (nSPS) is 11.0. The molecule has 0 saturated heterocycles. The van der Waals surface area contributed by atoms with E-state index in [4.69, 9.17) is 16.3 Å². The molecule has 0 N–H and O–H groups in total. The number of thiophene rings is 1. The summed E-state index contributed by atoms with van der Waals surface area (Å²) in [4.78, 5) is 12.7. The number of tetrazole rings is 1. The van der Waals surface area contributed by atoms with Crippen LogP contribution in [0.15, 0.2) is 24.3 Å². The van der Waals surface area contributed by atoms with E-state index >= 15 is 0 Å². The van der Waals surface area contributed by atoms with E-state index in [1.54, 1.807) is 4.68 Å². The van der Waals surface area contributed by atoms with Crippen molar-refractivity contribution in [3.63, 3.8) is 0 Å². The van der Waals surface area contributed by atoms with E-state index in [0.29, 0.717) is 22.3 Å². The first-order chi connectivity index (χ1) is 11.2. The van der Waals surface area contributed by atoms with Gasteiger partial charge in [-0.1, -0.05) is 43.1 Å². The summed E-state index contributed by atoms with van der Waals surface area (Å²) >= 11 is 7.60. The van der Waals surface area contributed by atoms with E-state index in [-0.39, 0.29) is 6.61 Å². The number of hydrogen-bond donors (Lipinski definition) is 0. The number of carbonyl (C=O) groups is 1. The quantitative estimate of drug-likeness (QED) is 0.634. The Morgan fingerprint density at radius 1 is 1.39 bits per heavy atom. The van der Waals surface area contributed by atoms with E-state index in [1.807, 2.05) is 24.3 Å². The maximum atomic E-state index is 12.3. The van der Waals surface area contributed by atoms with E-state index in [1.165, 1.54) is 11.3 Å². The van der Waals surface area contributed by atoms with Crippen LogP contribution in [0.5, 0.6) is 0 Å². The first-order valence-corrected chi connectivity index (χ1v) is 8.49. The minimum Gasteiger partial charge on any atom is -0.453 e. The number of carbonyl (C=O) groups excluding carboxylic acids is 1. The molecule has 0 fully saturated rings. The standard InChI is InChI=1S/C15H15ClN4O2S/c1-2-3-8-20-12(17-18-19-20)9-22-15(21)14-13(16)10-6-4-5-7-11(10)23-14/h4-7H,2-3,8-9H2,1H3. The molecule has 0 amide bonds. The molecule has 23 heavy (non-hydrogen) atoms. The molecule has 0 spiro atoms. The van der Waals surface area contributed by atoms with Gasteiger partial charge in [-0.2, -0.15) is 0 Å². The van der Waals surface area contributed by atoms with Gasteiger partial charge in [0.1, 0.15) is 4.88 Å². The lowest BCUT2D eigenvalue weighted by molar-refractivity contribution is 0.0462. The van der Waals surface area contributed by atoms with Crippen LogP contribution >= 0.6 is 22.9 Å². The first kappa shape index (κ1) is 15.9. The number of aromatic nitrogens is 4. The van der Waals surface area contributed by atoms with Crippen LogP contribution in [-0.2, 0) is 17.9 Å². The molecule has 120 valence electrons. The number of aryl methyl sites for hydroxylation is 1. The third-order valence-electron chi connectivity index (χ3n) is 3.38. The molecule has 2 aromatic heterocycles. The zero-order valence-corrected chi connectivity index (χ0v) is 14.1. The van der Waals surface area contributed by atoms with Gasteiger partial charge in [0.25, 0.3) is 0 Å². The smallest absolute Gasteiger partial charge is 0.350 e. The molecule has 3 aromatic rings. The maximum Gasteiger partial charge on any atom is 0.350 e. The summed E-state index contributed by atoms with van der Waals surface area (Å²) in [6.45, 7) is 2.83. The van der Waals surface area contributed by atoms with Crippen molar-refractivity contribution in [1.29, 1.82) is 0 Å². The van der Waals surface area contributed by atoms with Gasteiger partial charge in [0, 0.05) is 16.6 Å². The molecule has 0 bridgehead atoms. The monoisotopic (exact) mass is 350 g/mol. The molecule has 3 rings (SSSR count). The second kappa shape index (κ2) is 7.06. The van der Waals surface area contributed by atoms with Gasteiger partial charge >= 0.3 is 5.97 Å². The summed E-state index contributed by atoms with van der Waals surface area (Å²) in [5.74, 6) is 0.0743. The fourth-order valence-corrected chi connectivity index (χ4v) is 3.55. The van der Waals surface area contributed by atoms with Crippen molar-refractivity contribution in [2.45, 2.75) is 32.9 Å². The molecule has 0 aliphatic carbocycles. The lowest BCUT2D eigenvalue weighted by Gasteiger charge is -2.04. The highest BCUT2D eigenvalue weighted by molar-refractivity contribution is 7.21. The van der Waals surface area contributed by atoms with Crippen molar-refractivity contribution >= 4 is 39.0 Å². The van der Waals surface area contributed by atoms with Crippen LogP contribution in [0, 0.1) is 0 Å². The minimum atomic E-state index is -0.457. The molecule has 1 aromatic carbocycles. The highest BCUT2D eigenvalue weighted by atomic mass is 35.5. The van der Waals surface area contributed by atoms with Gasteiger partial charge in [-0.3, -0.25) is 0 Å². The highest BCUT2D eigenvalue weighted by Gasteiger charge is 2.19. The van der Waals surface area contributed by atoms with Crippen LogP contribution in [0.4, 0.5) is 0 Å². The zero-order chi connectivity index (χ0) is 16.2. The molecule has 0 radical (unpaired) electrons. The summed E-state index contributed by atoms with van der Waals surface area (Å²) in [6, 6.07) is 7.61. The van der Waals surface area contributed by atoms with Crippen molar-refractivity contribution in [1.82, 2.24) is 20.2 Å². The third-order valence-corrected chi connectivity index (χ3v) is 5.04. The van der Waals surface area contributed by atoms with Crippen molar-refractivity contribution in [3.05, 3.63) is 40.0 Å². The topological polar surface area (TPSA) is 69.9 Å². The molecule has 2 heterocycles. The predicted octanol–water partition coefficient (Wildman–Crippen LogP) is 3.70. The van der Waals surface area contributed by atoms with Gasteiger partial charge in [-0.05, 0) is 22.9 Å². The average Bonchev–Trinajstić information content (AvgIpc) is 3.15. The predicted molar refractivity (Wildman–Crippen MR) is 88.7 cm³/mol. The van der Waals surface area contributed by atoms with E-state index in [2.05, 4.69) is 22.4 Å². The highest BCUT2D eigenvalue weighted by Crippen LogP contribution is 2.35. The number of ether oxygens (including phenoxy) is 1. The molecule has 6 nitrogen and oxygen atoms in total. The van der Waals surface area contributed by atoms with Gasteiger partial charge in [0.2, 0.25) is 0 Å². The number of halogens is 1. The van der Waals surface area contributed by atoms with Gasteiger partial charge in [-0.15, -0.1) is 16.4 Å². The summed E-state index contributed by atoms with van der Waals surface area (Å²) in [7, 11) is 0. The van der Waals surface area contributed by atoms with E-state index < -0.39 is 5.97 Å². The van der Waals surface area contributed by atoms with Crippen molar-refractivity contribution in [2.24, 2.45) is 0 Å². The SMILES string of the molecule is CCCCn1nnnc1COC(=O)c1sc2ccccc2c1Cl. The second-order valence-electron chi connectivity index (χ2n) is 4.99. The van der Waals surface area contributed by atoms with E-state index in [9.17, 15) is 4.79 Å². The van der Waals surface area contributed by atoms with Gasteiger partial charge in [0.15, 0.2) is 12.4 Å². The van der Waals surface area contributed by atoms with Gasteiger partial charge in [-0.25, -0.2) is 9.48 Å². The van der Waals surface area contributed by atoms with Crippen LogP contribution in [0.1, 0.15) is 35.3 Å². The summed E-state index contributed by atoms with van der Waals surface area (Å²) in [6.07, 6.45) is 2.00. The number of rotatable bonds is 6. The molecular weight excluding hydrogens is 336 g/mol. The molecule has 0 aliphatic rings. The van der Waals surface area contributed by atoms with Crippen LogP contribution in [0.2, 0.25) is 5.02 Å². The third kappa shape index (κ3) is 3.35.